The number of rotatable bonds is 3. The highest BCUT2D eigenvalue weighted by molar-refractivity contribution is 9.10. The SMILES string of the molecule is Cc1ccc(NC(=O)Cn2ncc3c2-c2cc(C)ccc2OC3)c(Br)c1. The number of anilines is 1. The third-order valence-corrected chi connectivity index (χ3v) is 5.04. The van der Waals surface area contributed by atoms with Crippen molar-refractivity contribution in [1.82, 2.24) is 9.78 Å². The zero-order chi connectivity index (χ0) is 18.3. The fourth-order valence-corrected chi connectivity index (χ4v) is 3.71. The van der Waals surface area contributed by atoms with Crippen LogP contribution in [0.2, 0.25) is 0 Å². The number of halogens is 1. The van der Waals surface area contributed by atoms with Crippen molar-refractivity contribution in [2.45, 2.75) is 27.0 Å². The summed E-state index contributed by atoms with van der Waals surface area (Å²) in [5.74, 6) is 0.702. The highest BCUT2D eigenvalue weighted by Crippen LogP contribution is 2.38. The summed E-state index contributed by atoms with van der Waals surface area (Å²) in [6.45, 7) is 4.66. The molecule has 0 saturated carbocycles. The molecule has 5 nitrogen and oxygen atoms in total. The smallest absolute Gasteiger partial charge is 0.246 e. The van der Waals surface area contributed by atoms with Crippen LogP contribution >= 0.6 is 15.9 Å². The van der Waals surface area contributed by atoms with Crippen LogP contribution in [0.1, 0.15) is 16.7 Å². The number of ether oxygens (including phenoxy) is 1. The van der Waals surface area contributed by atoms with Gasteiger partial charge in [-0.3, -0.25) is 9.48 Å². The van der Waals surface area contributed by atoms with E-state index < -0.39 is 0 Å². The molecule has 1 amide bonds. The van der Waals surface area contributed by atoms with E-state index in [-0.39, 0.29) is 12.5 Å². The van der Waals surface area contributed by atoms with Gasteiger partial charge in [-0.05, 0) is 59.6 Å². The number of nitrogens with zero attached hydrogens (tertiary/aromatic N) is 2. The van der Waals surface area contributed by atoms with Gasteiger partial charge in [0.25, 0.3) is 0 Å². The number of fused-ring (bicyclic) bond motifs is 3. The number of amides is 1. The summed E-state index contributed by atoms with van der Waals surface area (Å²) in [6.07, 6.45) is 1.77. The quantitative estimate of drug-likeness (QED) is 0.691. The molecule has 2 aromatic carbocycles. The molecule has 0 atom stereocenters. The molecule has 0 radical (unpaired) electrons. The lowest BCUT2D eigenvalue weighted by molar-refractivity contribution is -0.116. The molecule has 0 bridgehead atoms. The lowest BCUT2D eigenvalue weighted by Gasteiger charge is -2.20. The van der Waals surface area contributed by atoms with Crippen LogP contribution < -0.4 is 10.1 Å². The largest absolute Gasteiger partial charge is 0.488 e. The van der Waals surface area contributed by atoms with Crippen molar-refractivity contribution in [2.24, 2.45) is 0 Å². The maximum Gasteiger partial charge on any atom is 0.246 e. The van der Waals surface area contributed by atoms with Gasteiger partial charge in [0, 0.05) is 15.6 Å². The van der Waals surface area contributed by atoms with Crippen molar-refractivity contribution >= 4 is 27.5 Å². The number of hydrogen-bond acceptors (Lipinski definition) is 3. The zero-order valence-corrected chi connectivity index (χ0v) is 16.1. The first-order chi connectivity index (χ1) is 12.5. The molecule has 1 N–H and O–H groups in total. The normalized spacial score (nSPS) is 12.1. The second-order valence-corrected chi connectivity index (χ2v) is 7.35. The number of nitrogens with one attached hydrogen (secondary N) is 1. The van der Waals surface area contributed by atoms with Crippen LogP contribution in [0.15, 0.2) is 47.1 Å². The molecule has 1 aliphatic rings. The molecule has 4 rings (SSSR count). The van der Waals surface area contributed by atoms with Crippen molar-refractivity contribution in [3.05, 3.63) is 63.8 Å². The minimum absolute atomic E-state index is 0.124. The Labute approximate surface area is 160 Å². The number of carbonyl (C=O) groups excluding carboxylic acids is 1. The summed E-state index contributed by atoms with van der Waals surface area (Å²) in [7, 11) is 0. The average Bonchev–Trinajstić information content (AvgIpc) is 3.00. The number of hydrogen-bond donors (Lipinski definition) is 1. The summed E-state index contributed by atoms with van der Waals surface area (Å²) in [5, 5.41) is 7.35. The van der Waals surface area contributed by atoms with Crippen molar-refractivity contribution in [3.63, 3.8) is 0 Å². The standard InChI is InChI=1S/C20H18BrN3O2/c1-12-4-6-18-15(7-12)20-14(11-26-18)9-22-24(20)10-19(25)23-17-5-3-13(2)8-16(17)21/h3-9H,10-11H2,1-2H3,(H,23,25). The number of carbonyl (C=O) groups is 1. The van der Waals surface area contributed by atoms with Gasteiger partial charge in [0.15, 0.2) is 0 Å². The van der Waals surface area contributed by atoms with Gasteiger partial charge in [-0.15, -0.1) is 0 Å². The van der Waals surface area contributed by atoms with Crippen LogP contribution in [-0.4, -0.2) is 15.7 Å². The third kappa shape index (κ3) is 3.12. The molecule has 132 valence electrons. The predicted molar refractivity (Wildman–Crippen MR) is 104 cm³/mol. The van der Waals surface area contributed by atoms with Gasteiger partial charge in [0.2, 0.25) is 5.91 Å². The molecule has 0 aliphatic carbocycles. The number of aryl methyl sites for hydroxylation is 2. The fourth-order valence-electron chi connectivity index (χ4n) is 3.12. The Kier molecular flexibility index (Phi) is 4.28. The second-order valence-electron chi connectivity index (χ2n) is 6.50. The van der Waals surface area contributed by atoms with Gasteiger partial charge in [-0.2, -0.15) is 5.10 Å². The van der Waals surface area contributed by atoms with E-state index in [2.05, 4.69) is 32.4 Å². The maximum absolute atomic E-state index is 12.6. The van der Waals surface area contributed by atoms with Crippen LogP contribution in [0, 0.1) is 13.8 Å². The topological polar surface area (TPSA) is 56.2 Å². The molecule has 0 fully saturated rings. The van der Waals surface area contributed by atoms with Gasteiger partial charge in [-0.25, -0.2) is 0 Å². The summed E-state index contributed by atoms with van der Waals surface area (Å²) in [4.78, 5) is 12.6. The molecule has 3 aromatic rings. The first-order valence-electron chi connectivity index (χ1n) is 8.36. The molecule has 6 heteroatoms. The van der Waals surface area contributed by atoms with Crippen LogP contribution in [0.3, 0.4) is 0 Å². The first-order valence-corrected chi connectivity index (χ1v) is 9.15. The summed E-state index contributed by atoms with van der Waals surface area (Å²) in [6, 6.07) is 11.9. The van der Waals surface area contributed by atoms with Crippen molar-refractivity contribution in [3.8, 4) is 17.0 Å². The Morgan fingerprint density at radius 2 is 2.00 bits per heavy atom. The minimum Gasteiger partial charge on any atom is -0.488 e. The molecule has 0 unspecified atom stereocenters. The maximum atomic E-state index is 12.6. The molecule has 0 spiro atoms. The number of aromatic nitrogens is 2. The van der Waals surface area contributed by atoms with E-state index >= 15 is 0 Å². The van der Waals surface area contributed by atoms with Gasteiger partial charge < -0.3 is 10.1 Å². The molecular formula is C20H18BrN3O2. The Morgan fingerprint density at radius 3 is 2.81 bits per heavy atom. The van der Waals surface area contributed by atoms with E-state index in [4.69, 9.17) is 4.74 Å². The molecular weight excluding hydrogens is 394 g/mol. The van der Waals surface area contributed by atoms with Gasteiger partial charge >= 0.3 is 0 Å². The van der Waals surface area contributed by atoms with Gasteiger partial charge in [-0.1, -0.05) is 17.7 Å². The minimum atomic E-state index is -0.124. The van der Waals surface area contributed by atoms with Crippen LogP contribution in [0.25, 0.3) is 11.3 Å². The lowest BCUT2D eigenvalue weighted by atomic mass is 10.0. The monoisotopic (exact) mass is 411 g/mol. The van der Waals surface area contributed by atoms with E-state index in [1.165, 1.54) is 0 Å². The van der Waals surface area contributed by atoms with Crippen LogP contribution in [-0.2, 0) is 17.9 Å². The first kappa shape index (κ1) is 16.8. The Morgan fingerprint density at radius 1 is 1.23 bits per heavy atom. The summed E-state index contributed by atoms with van der Waals surface area (Å²) >= 11 is 3.49. The van der Waals surface area contributed by atoms with Gasteiger partial charge in [0.1, 0.15) is 18.9 Å². The van der Waals surface area contributed by atoms with Crippen molar-refractivity contribution in [2.75, 3.05) is 5.32 Å². The highest BCUT2D eigenvalue weighted by Gasteiger charge is 2.23. The van der Waals surface area contributed by atoms with E-state index in [0.717, 1.165) is 43.9 Å². The Balaban J connectivity index is 1.61. The van der Waals surface area contributed by atoms with E-state index in [1.54, 1.807) is 10.9 Å². The third-order valence-electron chi connectivity index (χ3n) is 4.38. The second kappa shape index (κ2) is 6.61. The molecule has 1 aromatic heterocycles. The lowest BCUT2D eigenvalue weighted by Crippen LogP contribution is -2.21. The van der Waals surface area contributed by atoms with Crippen LogP contribution in [0.4, 0.5) is 5.69 Å². The average molecular weight is 412 g/mol. The predicted octanol–water partition coefficient (Wildman–Crippen LogP) is 4.46. The van der Waals surface area contributed by atoms with Gasteiger partial charge in [0.05, 0.1) is 17.6 Å². The summed E-state index contributed by atoms with van der Waals surface area (Å²) in [5.41, 5.74) is 5.94. The summed E-state index contributed by atoms with van der Waals surface area (Å²) < 4.78 is 8.39. The van der Waals surface area contributed by atoms with Crippen molar-refractivity contribution < 1.29 is 9.53 Å². The van der Waals surface area contributed by atoms with E-state index in [1.807, 2.05) is 44.2 Å². The number of benzene rings is 2. The molecule has 2 heterocycles. The molecule has 26 heavy (non-hydrogen) atoms. The fraction of sp³-hybridized carbons (Fsp3) is 0.200. The van der Waals surface area contributed by atoms with Crippen molar-refractivity contribution in [1.29, 1.82) is 0 Å². The highest BCUT2D eigenvalue weighted by atomic mass is 79.9. The Hall–Kier alpha value is -2.60. The zero-order valence-electron chi connectivity index (χ0n) is 14.5. The molecule has 0 saturated heterocycles. The Bertz CT molecular complexity index is 1010. The molecule has 1 aliphatic heterocycles. The van der Waals surface area contributed by atoms with E-state index in [9.17, 15) is 4.79 Å². The van der Waals surface area contributed by atoms with Crippen LogP contribution in [0.5, 0.6) is 5.75 Å². The van der Waals surface area contributed by atoms with E-state index in [0.29, 0.717) is 6.61 Å².